The van der Waals surface area contributed by atoms with E-state index in [9.17, 15) is 49.2 Å². The number of phenolic OH excluding ortho intramolecular Hbond substituents is 1. The van der Waals surface area contributed by atoms with Gasteiger partial charge in [-0.15, -0.1) is 0 Å². The highest BCUT2D eigenvalue weighted by atomic mass is 35.5. The number of halogens is 2. The standard InChI is InChI=1S/C57H44Cl2N4O12/c1-5-60-41-22-45-36(17-26(41)3)48(37-18-27(4)42(61-6-2)23-46(37)74-45)49-40(58)21-38(51(59)50(49)57(72)73)54(67)62-24-28-7-9-29(10-8-28)53(66)63-25-39-43(65)16-15-34-47(33-14-12-31(64)20-44(33)75-52(34)39)35-19-30(55(68)69)11-13-32(35)56(70)71/h7-23,60,65H,5-6,24-25H2,1-4H3,(H,62,67)(H,63,66)(H,68,69)(H,70,71)(H,72,73)/p+1. The first kappa shape index (κ1) is 50.9. The third-order valence-electron chi connectivity index (χ3n) is 12.9. The second-order valence-electron chi connectivity index (χ2n) is 17.6. The highest BCUT2D eigenvalue weighted by Gasteiger charge is 2.31. The van der Waals surface area contributed by atoms with Gasteiger partial charge >= 0.3 is 17.9 Å². The number of benzene rings is 7. The molecule has 0 saturated heterocycles. The fraction of sp³-hybridized carbons (Fsp3) is 0.140. The van der Waals surface area contributed by atoms with Crippen molar-refractivity contribution in [3.8, 4) is 50.7 Å². The number of carboxylic acids is 3. The van der Waals surface area contributed by atoms with Gasteiger partial charge in [-0.2, -0.15) is 0 Å². The van der Waals surface area contributed by atoms with E-state index in [1.165, 1.54) is 60.7 Å². The molecule has 0 fully saturated rings. The number of nitrogens with one attached hydrogen (secondary N) is 4. The lowest BCUT2D eigenvalue weighted by Gasteiger charge is -2.21. The predicted octanol–water partition coefficient (Wildman–Crippen LogP) is 9.10. The van der Waals surface area contributed by atoms with Crippen molar-refractivity contribution in [3.05, 3.63) is 179 Å². The van der Waals surface area contributed by atoms with Crippen LogP contribution < -0.4 is 31.7 Å². The van der Waals surface area contributed by atoms with Crippen LogP contribution in [-0.2, 0) is 13.1 Å². The van der Waals surface area contributed by atoms with E-state index in [1.54, 1.807) is 12.1 Å². The molecule has 0 unspecified atom stereocenters. The third-order valence-corrected chi connectivity index (χ3v) is 13.6. The molecule has 18 heteroatoms. The molecule has 0 saturated carbocycles. The zero-order valence-corrected chi connectivity index (χ0v) is 42.0. The molecule has 9 rings (SSSR count). The Kier molecular flexibility index (Phi) is 13.9. The van der Waals surface area contributed by atoms with Crippen LogP contribution >= 0.6 is 23.2 Å². The minimum atomic E-state index is -1.41. The molecule has 4 aliphatic rings. The van der Waals surface area contributed by atoms with Crippen molar-refractivity contribution in [1.82, 2.24) is 10.6 Å². The number of phenols is 1. The van der Waals surface area contributed by atoms with Crippen molar-refractivity contribution in [1.29, 1.82) is 0 Å². The first-order valence-corrected chi connectivity index (χ1v) is 24.2. The average molecular weight is 1050 g/mol. The number of fused-ring (bicyclic) bond motifs is 4. The van der Waals surface area contributed by atoms with Gasteiger partial charge in [-0.25, -0.2) is 19.4 Å². The molecule has 0 radical (unpaired) electrons. The summed E-state index contributed by atoms with van der Waals surface area (Å²) in [6.45, 7) is 8.71. The van der Waals surface area contributed by atoms with Crippen molar-refractivity contribution in [2.24, 2.45) is 0 Å². The van der Waals surface area contributed by atoms with Gasteiger partial charge in [-0.3, -0.25) is 14.4 Å². The van der Waals surface area contributed by atoms with Crippen molar-refractivity contribution in [2.45, 2.75) is 40.8 Å². The van der Waals surface area contributed by atoms with Gasteiger partial charge in [0.05, 0.1) is 50.5 Å². The summed E-state index contributed by atoms with van der Waals surface area (Å²) in [4.78, 5) is 81.1. The van der Waals surface area contributed by atoms with Crippen LogP contribution in [0.2, 0.25) is 10.0 Å². The van der Waals surface area contributed by atoms with Crippen LogP contribution in [0.4, 0.5) is 5.69 Å². The van der Waals surface area contributed by atoms with Crippen LogP contribution in [0.15, 0.2) is 117 Å². The van der Waals surface area contributed by atoms with Crippen molar-refractivity contribution < 1.29 is 58.2 Å². The first-order chi connectivity index (χ1) is 35.9. The van der Waals surface area contributed by atoms with Gasteiger partial charge in [0.25, 0.3) is 11.8 Å². The molecule has 0 aromatic heterocycles. The third kappa shape index (κ3) is 9.60. The van der Waals surface area contributed by atoms with E-state index in [1.807, 2.05) is 52.0 Å². The zero-order chi connectivity index (χ0) is 53.6. The molecule has 16 nitrogen and oxygen atoms in total. The maximum Gasteiger partial charge on any atom is 0.337 e. The SMILES string of the molecule is CCNc1cc2oc3cc(=[NH+]CC)c(C)cc-3c(-c3c(Cl)cc(C(=O)NCc4ccc(C(=O)NCc5c(O)ccc6c(-c7cc(C(=O)O)ccc7C(=O)O)c7ccc(=O)cc-7oc56)cc4)c(Cl)c3C(=O)O)c2cc1C. The number of anilines is 1. The molecule has 5 aromatic carbocycles. The lowest BCUT2D eigenvalue weighted by atomic mass is 9.88. The molecule has 2 aliphatic carbocycles. The highest BCUT2D eigenvalue weighted by molar-refractivity contribution is 6.41. The van der Waals surface area contributed by atoms with E-state index < -0.39 is 35.2 Å². The predicted molar refractivity (Wildman–Crippen MR) is 282 cm³/mol. The lowest BCUT2D eigenvalue weighted by Crippen LogP contribution is -2.76. The molecule has 2 amide bonds. The van der Waals surface area contributed by atoms with Crippen molar-refractivity contribution in [3.63, 3.8) is 0 Å². The number of amides is 2. The minimum absolute atomic E-state index is 0.00132. The molecule has 0 spiro atoms. The highest BCUT2D eigenvalue weighted by Crippen LogP contribution is 2.48. The molecule has 75 heavy (non-hydrogen) atoms. The van der Waals surface area contributed by atoms with E-state index in [-0.39, 0.29) is 95.7 Å². The van der Waals surface area contributed by atoms with Crippen LogP contribution in [0.1, 0.15) is 87.9 Å². The number of carbonyl (C=O) groups excluding carboxylic acids is 2. The smallest absolute Gasteiger partial charge is 0.337 e. The second-order valence-corrected chi connectivity index (χ2v) is 18.4. The first-order valence-electron chi connectivity index (χ1n) is 23.4. The van der Waals surface area contributed by atoms with Crippen LogP contribution in [0.25, 0.3) is 66.8 Å². The van der Waals surface area contributed by atoms with Gasteiger partial charge in [-0.1, -0.05) is 35.3 Å². The Morgan fingerprint density at radius 3 is 2.04 bits per heavy atom. The second kappa shape index (κ2) is 20.5. The molecular formula is C57H45Cl2N4O12+. The monoisotopic (exact) mass is 1050 g/mol. The molecule has 2 aliphatic heterocycles. The topological polar surface area (TPSA) is 260 Å². The van der Waals surface area contributed by atoms with Gasteiger partial charge < -0.3 is 45.2 Å². The van der Waals surface area contributed by atoms with Crippen LogP contribution in [0.5, 0.6) is 5.75 Å². The Labute approximate surface area is 436 Å². The van der Waals surface area contributed by atoms with Crippen LogP contribution in [0.3, 0.4) is 0 Å². The number of aromatic hydroxyl groups is 1. The number of carbonyl (C=O) groups is 5. The molecule has 8 N–H and O–H groups in total. The van der Waals surface area contributed by atoms with E-state index in [2.05, 4.69) is 20.9 Å². The summed E-state index contributed by atoms with van der Waals surface area (Å²) in [7, 11) is 0. The van der Waals surface area contributed by atoms with Gasteiger partial charge in [0, 0.05) is 80.6 Å². The van der Waals surface area contributed by atoms with E-state index in [0.717, 1.165) is 28.2 Å². The van der Waals surface area contributed by atoms with E-state index in [4.69, 9.17) is 32.0 Å². The maximum absolute atomic E-state index is 13.9. The number of rotatable bonds is 14. The Morgan fingerprint density at radius 2 is 1.35 bits per heavy atom. The average Bonchev–Trinajstić information content (AvgIpc) is 3.37. The maximum atomic E-state index is 13.9. The number of hydrogen-bond acceptors (Lipinski definition) is 10. The largest absolute Gasteiger partial charge is 0.507 e. The van der Waals surface area contributed by atoms with Gasteiger partial charge in [-0.05, 0) is 117 Å². The van der Waals surface area contributed by atoms with Crippen molar-refractivity contribution in [2.75, 3.05) is 18.4 Å². The fourth-order valence-electron chi connectivity index (χ4n) is 9.30. The van der Waals surface area contributed by atoms with Crippen LogP contribution in [0, 0.1) is 13.8 Å². The minimum Gasteiger partial charge on any atom is -0.507 e. The molecule has 5 aromatic rings. The molecule has 0 bridgehead atoms. The zero-order valence-electron chi connectivity index (χ0n) is 40.5. The fourth-order valence-corrected chi connectivity index (χ4v) is 9.91. The van der Waals surface area contributed by atoms with Gasteiger partial charge in [0.15, 0.2) is 5.43 Å². The molecule has 2 heterocycles. The normalized spacial score (nSPS) is 11.6. The Morgan fingerprint density at radius 1 is 0.627 bits per heavy atom. The number of aromatic carboxylic acids is 3. The molecule has 0 atom stereocenters. The quantitative estimate of drug-likeness (QED) is 0.0473. The summed E-state index contributed by atoms with van der Waals surface area (Å²) in [5, 5.41) is 52.0. The van der Waals surface area contributed by atoms with Crippen molar-refractivity contribution >= 4 is 80.6 Å². The number of carboxylic acid groups (broad SMARTS) is 3. The number of hydrogen-bond donors (Lipinski definition) is 8. The van der Waals surface area contributed by atoms with E-state index in [0.29, 0.717) is 52.1 Å². The molecule has 378 valence electrons. The number of aryl methyl sites for hydroxylation is 2. The van der Waals surface area contributed by atoms with E-state index >= 15 is 0 Å². The van der Waals surface area contributed by atoms with Gasteiger partial charge in [0.2, 0.25) is 5.36 Å². The summed E-state index contributed by atoms with van der Waals surface area (Å²) in [5.74, 6) is -5.18. The van der Waals surface area contributed by atoms with Gasteiger partial charge in [0.1, 0.15) is 35.0 Å². The Bertz CT molecular complexity index is 3960. The molecular weight excluding hydrogens is 1000 g/mol. The summed E-state index contributed by atoms with van der Waals surface area (Å²) >= 11 is 14.0. The summed E-state index contributed by atoms with van der Waals surface area (Å²) < 4.78 is 12.6. The summed E-state index contributed by atoms with van der Waals surface area (Å²) in [5.41, 5.74) is 4.12. The van der Waals surface area contributed by atoms with Crippen LogP contribution in [-0.4, -0.2) is 63.2 Å². The Balaban J connectivity index is 0.986. The summed E-state index contributed by atoms with van der Waals surface area (Å²) in [6, 6.07) is 25.2. The summed E-state index contributed by atoms with van der Waals surface area (Å²) in [6.07, 6.45) is 0. The lowest BCUT2D eigenvalue weighted by molar-refractivity contribution is -0.496. The Hall–Kier alpha value is -8.99.